The molecule has 0 aliphatic carbocycles. The van der Waals surface area contributed by atoms with E-state index in [-0.39, 0.29) is 22.2 Å². The van der Waals surface area contributed by atoms with Crippen molar-refractivity contribution >= 4 is 44.8 Å². The number of halogens is 2. The van der Waals surface area contributed by atoms with Crippen LogP contribution in [0.15, 0.2) is 28.7 Å². The predicted octanol–water partition coefficient (Wildman–Crippen LogP) is 3.36. The van der Waals surface area contributed by atoms with Gasteiger partial charge in [-0.1, -0.05) is 11.6 Å². The molecule has 0 atom stereocenters. The molecule has 0 unspecified atom stereocenters. The zero-order valence-electron chi connectivity index (χ0n) is 10.6. The van der Waals surface area contributed by atoms with Crippen molar-refractivity contribution in [3.63, 3.8) is 0 Å². The Balaban J connectivity index is 2.30. The van der Waals surface area contributed by atoms with Crippen molar-refractivity contribution in [1.82, 2.24) is 10.2 Å². The average Bonchev–Trinajstić information content (AvgIpc) is 2.42. The summed E-state index contributed by atoms with van der Waals surface area (Å²) >= 11 is 8.84. The lowest BCUT2D eigenvalue weighted by Gasteiger charge is -2.08. The summed E-state index contributed by atoms with van der Waals surface area (Å²) in [5.74, 6) is -0.544. The molecule has 0 aliphatic rings. The van der Waals surface area contributed by atoms with Crippen LogP contribution >= 0.6 is 27.5 Å². The number of aryl methyl sites for hydroxylation is 1. The van der Waals surface area contributed by atoms with E-state index in [9.17, 15) is 14.9 Å². The highest BCUT2D eigenvalue weighted by Crippen LogP contribution is 2.30. The standard InChI is InChI=1S/C12H8BrClN4O3/c1-6-4-7(13)9(5-10(6)18(20)21)15-12(19)8-2-3-11(14)17-16-8/h2-5H,1H3,(H,15,19). The highest BCUT2D eigenvalue weighted by Gasteiger charge is 2.17. The van der Waals surface area contributed by atoms with Gasteiger partial charge in [-0.2, -0.15) is 0 Å². The van der Waals surface area contributed by atoms with Gasteiger partial charge in [0, 0.05) is 16.1 Å². The number of nitro groups is 1. The maximum absolute atomic E-state index is 12.0. The number of hydrogen-bond donors (Lipinski definition) is 1. The van der Waals surface area contributed by atoms with Gasteiger partial charge >= 0.3 is 0 Å². The van der Waals surface area contributed by atoms with Crippen LogP contribution in [0.3, 0.4) is 0 Å². The summed E-state index contributed by atoms with van der Waals surface area (Å²) in [6, 6.07) is 5.67. The van der Waals surface area contributed by atoms with Crippen LogP contribution in [-0.4, -0.2) is 21.0 Å². The van der Waals surface area contributed by atoms with Gasteiger partial charge in [0.1, 0.15) is 0 Å². The predicted molar refractivity (Wildman–Crippen MR) is 80.5 cm³/mol. The lowest BCUT2D eigenvalue weighted by molar-refractivity contribution is -0.385. The third kappa shape index (κ3) is 3.53. The molecule has 1 heterocycles. The monoisotopic (exact) mass is 370 g/mol. The molecule has 0 saturated heterocycles. The first kappa shape index (κ1) is 15.3. The van der Waals surface area contributed by atoms with Gasteiger partial charge < -0.3 is 5.32 Å². The second kappa shape index (κ2) is 6.15. The first-order valence-corrected chi connectivity index (χ1v) is 6.80. The zero-order valence-corrected chi connectivity index (χ0v) is 13.0. The van der Waals surface area contributed by atoms with Gasteiger partial charge in [0.15, 0.2) is 10.8 Å². The molecule has 0 spiro atoms. The number of amides is 1. The van der Waals surface area contributed by atoms with Crippen molar-refractivity contribution in [2.75, 3.05) is 5.32 Å². The SMILES string of the molecule is Cc1cc(Br)c(NC(=O)c2ccc(Cl)nn2)cc1[N+](=O)[O-]. The maximum atomic E-state index is 12.0. The van der Waals surface area contributed by atoms with Crippen molar-refractivity contribution < 1.29 is 9.72 Å². The lowest BCUT2D eigenvalue weighted by Crippen LogP contribution is -2.14. The van der Waals surface area contributed by atoms with Gasteiger partial charge in [0.2, 0.25) is 0 Å². The molecule has 9 heteroatoms. The highest BCUT2D eigenvalue weighted by atomic mass is 79.9. The van der Waals surface area contributed by atoms with Gasteiger partial charge in [-0.05, 0) is 41.1 Å². The number of carbonyl (C=O) groups excluding carboxylic acids is 1. The van der Waals surface area contributed by atoms with Crippen molar-refractivity contribution in [1.29, 1.82) is 0 Å². The summed E-state index contributed by atoms with van der Waals surface area (Å²) in [7, 11) is 0. The quantitative estimate of drug-likeness (QED) is 0.659. The average molecular weight is 372 g/mol. The van der Waals surface area contributed by atoms with Gasteiger partial charge in [0.05, 0.1) is 10.6 Å². The molecule has 0 bridgehead atoms. The Hall–Kier alpha value is -2.06. The largest absolute Gasteiger partial charge is 0.319 e. The van der Waals surface area contributed by atoms with Crippen LogP contribution in [0, 0.1) is 17.0 Å². The number of anilines is 1. The van der Waals surface area contributed by atoms with E-state index in [1.165, 1.54) is 18.2 Å². The molecule has 21 heavy (non-hydrogen) atoms. The minimum atomic E-state index is -0.544. The summed E-state index contributed by atoms with van der Waals surface area (Å²) in [4.78, 5) is 22.4. The van der Waals surface area contributed by atoms with E-state index in [2.05, 4.69) is 31.4 Å². The topological polar surface area (TPSA) is 98.0 Å². The number of hydrogen-bond acceptors (Lipinski definition) is 5. The van der Waals surface area contributed by atoms with E-state index in [4.69, 9.17) is 11.6 Å². The number of benzene rings is 1. The fraction of sp³-hybridized carbons (Fsp3) is 0.0833. The molecule has 2 rings (SSSR count). The van der Waals surface area contributed by atoms with Gasteiger partial charge in [-0.25, -0.2) is 0 Å². The third-order valence-electron chi connectivity index (χ3n) is 2.60. The van der Waals surface area contributed by atoms with Crippen molar-refractivity contribution in [3.05, 3.63) is 55.3 Å². The number of aromatic nitrogens is 2. The number of nitrogens with one attached hydrogen (secondary N) is 1. The van der Waals surface area contributed by atoms with E-state index in [1.54, 1.807) is 13.0 Å². The Kier molecular flexibility index (Phi) is 4.49. The van der Waals surface area contributed by atoms with E-state index < -0.39 is 10.8 Å². The summed E-state index contributed by atoms with van der Waals surface area (Å²) in [6.45, 7) is 1.61. The molecule has 1 amide bonds. The molecule has 0 aliphatic heterocycles. The van der Waals surface area contributed by atoms with Crippen LogP contribution in [0.1, 0.15) is 16.1 Å². The van der Waals surface area contributed by atoms with Crippen molar-refractivity contribution in [3.8, 4) is 0 Å². The number of nitrogens with zero attached hydrogens (tertiary/aromatic N) is 3. The maximum Gasteiger partial charge on any atom is 0.276 e. The molecule has 2 aromatic rings. The van der Waals surface area contributed by atoms with Crippen molar-refractivity contribution in [2.24, 2.45) is 0 Å². The molecular formula is C12H8BrClN4O3. The van der Waals surface area contributed by atoms with Crippen molar-refractivity contribution in [2.45, 2.75) is 6.92 Å². The van der Waals surface area contributed by atoms with Gasteiger partial charge in [-0.3, -0.25) is 14.9 Å². The second-order valence-electron chi connectivity index (χ2n) is 4.07. The van der Waals surface area contributed by atoms with Crippen LogP contribution in [0.5, 0.6) is 0 Å². The Bertz CT molecular complexity index is 721. The summed E-state index contributed by atoms with van der Waals surface area (Å²) in [5.41, 5.74) is 0.718. The molecule has 108 valence electrons. The number of nitro benzene ring substituents is 1. The van der Waals surface area contributed by atoms with E-state index >= 15 is 0 Å². The van der Waals surface area contributed by atoms with Gasteiger partial charge in [-0.15, -0.1) is 10.2 Å². The fourth-order valence-corrected chi connectivity index (χ4v) is 2.23. The van der Waals surface area contributed by atoms with Crippen LogP contribution in [0.25, 0.3) is 0 Å². The van der Waals surface area contributed by atoms with Crippen LogP contribution in [-0.2, 0) is 0 Å². The summed E-state index contributed by atoms with van der Waals surface area (Å²) in [5, 5.41) is 20.8. The smallest absolute Gasteiger partial charge is 0.276 e. The van der Waals surface area contributed by atoms with Crippen LogP contribution in [0.2, 0.25) is 5.15 Å². The minimum Gasteiger partial charge on any atom is -0.319 e. The van der Waals surface area contributed by atoms with E-state index in [0.29, 0.717) is 10.0 Å². The van der Waals surface area contributed by atoms with Gasteiger partial charge in [0.25, 0.3) is 11.6 Å². The molecule has 0 fully saturated rings. The molecule has 1 aromatic carbocycles. The number of rotatable bonds is 3. The normalized spacial score (nSPS) is 10.2. The second-order valence-corrected chi connectivity index (χ2v) is 5.31. The summed E-state index contributed by atoms with van der Waals surface area (Å²) < 4.78 is 0.529. The van der Waals surface area contributed by atoms with Crippen LogP contribution < -0.4 is 5.32 Å². The number of carbonyl (C=O) groups is 1. The minimum absolute atomic E-state index is 0.0505. The third-order valence-corrected chi connectivity index (χ3v) is 3.45. The Morgan fingerprint density at radius 1 is 1.38 bits per heavy atom. The Morgan fingerprint density at radius 2 is 2.10 bits per heavy atom. The Labute approximate surface area is 132 Å². The molecule has 1 aromatic heterocycles. The molecule has 7 nitrogen and oxygen atoms in total. The lowest BCUT2D eigenvalue weighted by atomic mass is 10.2. The molecule has 0 saturated carbocycles. The van der Waals surface area contributed by atoms with E-state index in [1.807, 2.05) is 0 Å². The molecular weight excluding hydrogens is 364 g/mol. The Morgan fingerprint density at radius 3 is 2.67 bits per heavy atom. The fourth-order valence-electron chi connectivity index (χ4n) is 1.58. The molecule has 1 N–H and O–H groups in total. The summed E-state index contributed by atoms with van der Waals surface area (Å²) in [6.07, 6.45) is 0. The highest BCUT2D eigenvalue weighted by molar-refractivity contribution is 9.10. The molecule has 0 radical (unpaired) electrons. The van der Waals surface area contributed by atoms with E-state index in [0.717, 1.165) is 0 Å². The first-order chi connectivity index (χ1) is 9.88. The first-order valence-electron chi connectivity index (χ1n) is 5.63. The van der Waals surface area contributed by atoms with Crippen LogP contribution in [0.4, 0.5) is 11.4 Å². The zero-order chi connectivity index (χ0) is 15.6.